The highest BCUT2D eigenvalue weighted by Gasteiger charge is 2.34. The molecule has 1 atom stereocenters. The summed E-state index contributed by atoms with van der Waals surface area (Å²) < 4.78 is 0. The zero-order valence-corrected chi connectivity index (χ0v) is 10.6. The van der Waals surface area contributed by atoms with Gasteiger partial charge >= 0.3 is 0 Å². The van der Waals surface area contributed by atoms with E-state index in [1.54, 1.807) is 0 Å². The predicted octanol–water partition coefficient (Wildman–Crippen LogP) is 1.90. The van der Waals surface area contributed by atoms with E-state index in [0.29, 0.717) is 5.92 Å². The van der Waals surface area contributed by atoms with Crippen LogP contribution in [-0.2, 0) is 0 Å². The van der Waals surface area contributed by atoms with Gasteiger partial charge in [0.2, 0.25) is 0 Å². The molecule has 0 bridgehead atoms. The molecule has 1 saturated heterocycles. The summed E-state index contributed by atoms with van der Waals surface area (Å²) in [6.07, 6.45) is 3.98. The minimum absolute atomic E-state index is 0.0560. The normalized spacial score (nSPS) is 24.1. The van der Waals surface area contributed by atoms with Crippen molar-refractivity contribution in [3.05, 3.63) is 35.9 Å². The average molecular weight is 244 g/mol. The standard InChI is InChI=1S/C15H20N2O/c18-15(13-4-2-1-3-5-13)16-10-12-8-9-17(11-12)14-6-7-14/h1-5,12,14H,6-11H2,(H,16,18)/t12-/m1/s1. The van der Waals surface area contributed by atoms with Gasteiger partial charge in [-0.1, -0.05) is 18.2 Å². The molecule has 0 aromatic heterocycles. The van der Waals surface area contributed by atoms with Crippen LogP contribution in [0.4, 0.5) is 0 Å². The van der Waals surface area contributed by atoms with Gasteiger partial charge in [0, 0.05) is 24.7 Å². The molecule has 1 aromatic rings. The van der Waals surface area contributed by atoms with Crippen LogP contribution in [0.15, 0.2) is 30.3 Å². The molecule has 3 rings (SSSR count). The summed E-state index contributed by atoms with van der Waals surface area (Å²) in [5.41, 5.74) is 0.759. The Balaban J connectivity index is 1.45. The third-order valence-electron chi connectivity index (χ3n) is 3.97. The molecule has 18 heavy (non-hydrogen) atoms. The number of hydrogen-bond donors (Lipinski definition) is 1. The van der Waals surface area contributed by atoms with Gasteiger partial charge in [0.25, 0.3) is 5.91 Å². The topological polar surface area (TPSA) is 32.3 Å². The Morgan fingerprint density at radius 2 is 2.00 bits per heavy atom. The van der Waals surface area contributed by atoms with Crippen LogP contribution >= 0.6 is 0 Å². The van der Waals surface area contributed by atoms with Crippen LogP contribution in [0, 0.1) is 5.92 Å². The molecule has 1 saturated carbocycles. The number of nitrogens with zero attached hydrogens (tertiary/aromatic N) is 1. The SMILES string of the molecule is O=C(NC[C@H]1CCN(C2CC2)C1)c1ccccc1. The Morgan fingerprint density at radius 1 is 1.22 bits per heavy atom. The van der Waals surface area contributed by atoms with Crippen molar-refractivity contribution in [3.8, 4) is 0 Å². The third-order valence-corrected chi connectivity index (χ3v) is 3.97. The fourth-order valence-corrected chi connectivity index (χ4v) is 2.73. The van der Waals surface area contributed by atoms with Gasteiger partial charge < -0.3 is 10.2 Å². The van der Waals surface area contributed by atoms with E-state index in [9.17, 15) is 4.79 Å². The van der Waals surface area contributed by atoms with Crippen molar-refractivity contribution in [2.24, 2.45) is 5.92 Å². The number of nitrogens with one attached hydrogen (secondary N) is 1. The van der Waals surface area contributed by atoms with E-state index in [-0.39, 0.29) is 5.91 Å². The predicted molar refractivity (Wildman–Crippen MR) is 71.5 cm³/mol. The summed E-state index contributed by atoms with van der Waals surface area (Å²) in [4.78, 5) is 14.5. The first kappa shape index (κ1) is 11.7. The van der Waals surface area contributed by atoms with Crippen molar-refractivity contribution in [3.63, 3.8) is 0 Å². The lowest BCUT2D eigenvalue weighted by molar-refractivity contribution is 0.0947. The number of hydrogen-bond acceptors (Lipinski definition) is 2. The summed E-state index contributed by atoms with van der Waals surface area (Å²) in [5, 5.41) is 3.06. The maximum atomic E-state index is 11.9. The van der Waals surface area contributed by atoms with Crippen molar-refractivity contribution >= 4 is 5.91 Å². The highest BCUT2D eigenvalue weighted by atomic mass is 16.1. The van der Waals surface area contributed by atoms with Crippen molar-refractivity contribution in [1.29, 1.82) is 0 Å². The first-order valence-corrected chi connectivity index (χ1v) is 6.90. The minimum atomic E-state index is 0.0560. The van der Waals surface area contributed by atoms with E-state index in [1.165, 1.54) is 32.4 Å². The molecule has 0 unspecified atom stereocenters. The van der Waals surface area contributed by atoms with E-state index < -0.39 is 0 Å². The van der Waals surface area contributed by atoms with E-state index in [0.717, 1.165) is 18.2 Å². The van der Waals surface area contributed by atoms with Gasteiger partial charge in [-0.25, -0.2) is 0 Å². The van der Waals surface area contributed by atoms with Crippen LogP contribution in [-0.4, -0.2) is 36.5 Å². The second kappa shape index (κ2) is 5.11. The molecule has 1 aromatic carbocycles. The molecule has 1 aliphatic carbocycles. The van der Waals surface area contributed by atoms with Crippen LogP contribution in [0.25, 0.3) is 0 Å². The van der Waals surface area contributed by atoms with Gasteiger partial charge in [0.1, 0.15) is 0 Å². The molecule has 2 fully saturated rings. The number of carbonyl (C=O) groups is 1. The lowest BCUT2D eigenvalue weighted by atomic mass is 10.1. The molecule has 1 N–H and O–H groups in total. The first-order chi connectivity index (χ1) is 8.83. The molecule has 96 valence electrons. The maximum absolute atomic E-state index is 11.9. The number of rotatable bonds is 4. The Labute approximate surface area is 108 Å². The summed E-state index contributed by atoms with van der Waals surface area (Å²) in [6.45, 7) is 3.20. The molecule has 1 aliphatic heterocycles. The average Bonchev–Trinajstić information content (AvgIpc) is 3.16. The van der Waals surface area contributed by atoms with E-state index in [4.69, 9.17) is 0 Å². The summed E-state index contributed by atoms with van der Waals surface area (Å²) in [7, 11) is 0. The van der Waals surface area contributed by atoms with Crippen molar-refractivity contribution < 1.29 is 4.79 Å². The Morgan fingerprint density at radius 3 is 2.72 bits per heavy atom. The lowest BCUT2D eigenvalue weighted by Gasteiger charge is -2.15. The Bertz CT molecular complexity index is 414. The molecular formula is C15H20N2O. The minimum Gasteiger partial charge on any atom is -0.352 e. The molecule has 1 heterocycles. The van der Waals surface area contributed by atoms with Crippen molar-refractivity contribution in [2.45, 2.75) is 25.3 Å². The van der Waals surface area contributed by atoms with Gasteiger partial charge in [-0.15, -0.1) is 0 Å². The number of likely N-dealkylation sites (tertiary alicyclic amines) is 1. The molecule has 3 heteroatoms. The number of carbonyl (C=O) groups excluding carboxylic acids is 1. The third kappa shape index (κ3) is 2.72. The fraction of sp³-hybridized carbons (Fsp3) is 0.533. The number of amides is 1. The quantitative estimate of drug-likeness (QED) is 0.877. The van der Waals surface area contributed by atoms with Gasteiger partial charge in [0.05, 0.1) is 0 Å². The second-order valence-corrected chi connectivity index (χ2v) is 5.46. The zero-order chi connectivity index (χ0) is 12.4. The van der Waals surface area contributed by atoms with Crippen molar-refractivity contribution in [1.82, 2.24) is 10.2 Å². The van der Waals surface area contributed by atoms with Crippen LogP contribution < -0.4 is 5.32 Å². The smallest absolute Gasteiger partial charge is 0.251 e. The maximum Gasteiger partial charge on any atom is 0.251 e. The van der Waals surface area contributed by atoms with Crippen LogP contribution in [0.2, 0.25) is 0 Å². The highest BCUT2D eigenvalue weighted by molar-refractivity contribution is 5.94. The number of benzene rings is 1. The van der Waals surface area contributed by atoms with E-state index >= 15 is 0 Å². The molecule has 1 amide bonds. The largest absolute Gasteiger partial charge is 0.352 e. The highest BCUT2D eigenvalue weighted by Crippen LogP contribution is 2.31. The lowest BCUT2D eigenvalue weighted by Crippen LogP contribution is -2.31. The Hall–Kier alpha value is -1.35. The first-order valence-electron chi connectivity index (χ1n) is 6.90. The molecule has 3 nitrogen and oxygen atoms in total. The molecule has 2 aliphatic rings. The van der Waals surface area contributed by atoms with Crippen LogP contribution in [0.3, 0.4) is 0 Å². The summed E-state index contributed by atoms with van der Waals surface area (Å²) >= 11 is 0. The van der Waals surface area contributed by atoms with Crippen LogP contribution in [0.1, 0.15) is 29.6 Å². The van der Waals surface area contributed by atoms with Gasteiger partial charge in [-0.2, -0.15) is 0 Å². The second-order valence-electron chi connectivity index (χ2n) is 5.46. The van der Waals surface area contributed by atoms with Gasteiger partial charge in [-0.3, -0.25) is 4.79 Å². The monoisotopic (exact) mass is 244 g/mol. The molecule has 0 radical (unpaired) electrons. The summed E-state index contributed by atoms with van der Waals surface area (Å²) in [6, 6.07) is 10.3. The summed E-state index contributed by atoms with van der Waals surface area (Å²) in [5.74, 6) is 0.693. The Kier molecular flexibility index (Phi) is 3.33. The molecular weight excluding hydrogens is 224 g/mol. The fourth-order valence-electron chi connectivity index (χ4n) is 2.73. The molecule has 0 spiro atoms. The van der Waals surface area contributed by atoms with E-state index in [1.807, 2.05) is 30.3 Å². The van der Waals surface area contributed by atoms with Gasteiger partial charge in [0.15, 0.2) is 0 Å². The van der Waals surface area contributed by atoms with Crippen LogP contribution in [0.5, 0.6) is 0 Å². The van der Waals surface area contributed by atoms with Gasteiger partial charge in [-0.05, 0) is 43.9 Å². The van der Waals surface area contributed by atoms with Crippen molar-refractivity contribution in [2.75, 3.05) is 19.6 Å². The zero-order valence-electron chi connectivity index (χ0n) is 10.6. The van der Waals surface area contributed by atoms with E-state index in [2.05, 4.69) is 10.2 Å².